The molecule has 0 aromatic rings. The monoisotopic (exact) mass is 714 g/mol. The Morgan fingerprint density at radius 3 is 2.31 bits per heavy atom. The molecule has 3 aliphatic heterocycles. The van der Waals surface area contributed by atoms with Crippen LogP contribution in [0.2, 0.25) is 0 Å². The van der Waals surface area contributed by atoms with Crippen molar-refractivity contribution in [3.05, 3.63) is 0 Å². The Kier molecular flexibility index (Phi) is 11.8. The van der Waals surface area contributed by atoms with E-state index in [1.54, 1.807) is 0 Å². The number of urea groups is 1. The second-order valence-electron chi connectivity index (χ2n) is 18.2. The molecule has 3 saturated heterocycles. The first-order valence-corrected chi connectivity index (χ1v) is 19.3. The van der Waals surface area contributed by atoms with Gasteiger partial charge in [-0.2, -0.15) is 0 Å². The van der Waals surface area contributed by atoms with E-state index < -0.39 is 53.7 Å². The molecule has 6 atom stereocenters. The first-order chi connectivity index (χ1) is 23.9. The third-order valence-corrected chi connectivity index (χ3v) is 12.0. The van der Waals surface area contributed by atoms with Crippen molar-refractivity contribution in [1.29, 1.82) is 0 Å². The molecule has 5 aliphatic rings. The molecule has 3 heterocycles. The van der Waals surface area contributed by atoms with Crippen LogP contribution >= 0.6 is 0 Å². The molecular weight excluding hydrogens is 652 g/mol. The number of carbonyl (C=O) groups excluding carboxylic acids is 6. The molecule has 0 radical (unpaired) electrons. The van der Waals surface area contributed by atoms with Crippen LogP contribution in [-0.2, 0) is 28.7 Å². The number of hydrogen-bond donors (Lipinski definition) is 4. The third kappa shape index (κ3) is 9.61. The van der Waals surface area contributed by atoms with Crippen LogP contribution < -0.4 is 21.3 Å². The molecular formula is C38H62N6O7. The zero-order valence-corrected chi connectivity index (χ0v) is 31.9. The highest BCUT2D eigenvalue weighted by molar-refractivity contribution is 6.38. The summed E-state index contributed by atoms with van der Waals surface area (Å²) in [7, 11) is 0. The van der Waals surface area contributed by atoms with E-state index in [1.165, 1.54) is 4.90 Å². The van der Waals surface area contributed by atoms with Gasteiger partial charge in [0.1, 0.15) is 12.1 Å². The summed E-state index contributed by atoms with van der Waals surface area (Å²) in [5, 5.41) is 11.6. The number of fused-ring (bicyclic) bond motifs is 3. The highest BCUT2D eigenvalue weighted by atomic mass is 16.5. The minimum absolute atomic E-state index is 0.0153. The molecule has 2 aliphatic carbocycles. The lowest BCUT2D eigenvalue weighted by atomic mass is 9.81. The van der Waals surface area contributed by atoms with Crippen molar-refractivity contribution in [2.75, 3.05) is 32.8 Å². The highest BCUT2D eigenvalue weighted by Gasteiger charge is 2.69. The Balaban J connectivity index is 1.32. The van der Waals surface area contributed by atoms with Gasteiger partial charge in [-0.1, -0.05) is 74.1 Å². The summed E-state index contributed by atoms with van der Waals surface area (Å²) in [6.45, 7) is 16.0. The molecule has 0 unspecified atom stereocenters. The number of Topliss-reactive ketones (excluding diaryl/α,β-unsaturated/α-hetero) is 1. The van der Waals surface area contributed by atoms with E-state index in [2.05, 4.69) is 49.0 Å². The van der Waals surface area contributed by atoms with Crippen LogP contribution in [0.4, 0.5) is 4.79 Å². The number of likely N-dealkylation sites (tertiary alicyclic amines) is 1. The molecule has 6 amide bonds. The zero-order valence-electron chi connectivity index (χ0n) is 31.9. The standard InChI is InChI=1S/C38H62N6O7/c1-36(2,3)27(21-43-17-16-37(4,5)19-28(43)45)42-35(50)41-26-22-51-18-12-10-8-9-11-13-25(31(46)33(48)39-23-14-15-23)40-32(47)30-29-24(38(29,6)7)20-44(30)34(26)49/h23-27,29-30H,8-22H2,1-7H3,(H,39,48)(H,40,47)(H2,41,42,50)/t24-,25-,26-,27+,29-,30-/m0/s1. The lowest BCUT2D eigenvalue weighted by molar-refractivity contribution is -0.144. The highest BCUT2D eigenvalue weighted by Crippen LogP contribution is 2.65. The summed E-state index contributed by atoms with van der Waals surface area (Å²) in [5.74, 6) is -2.16. The third-order valence-electron chi connectivity index (χ3n) is 12.0. The largest absolute Gasteiger partial charge is 0.379 e. The molecule has 0 spiro atoms. The Hall–Kier alpha value is -3.22. The first kappa shape index (κ1) is 39.0. The van der Waals surface area contributed by atoms with Crippen LogP contribution in [0.5, 0.6) is 0 Å². The van der Waals surface area contributed by atoms with Crippen molar-refractivity contribution in [3.8, 4) is 0 Å². The number of nitrogens with one attached hydrogen (secondary N) is 4. The zero-order chi connectivity index (χ0) is 37.3. The minimum atomic E-state index is -1.06. The molecule has 51 heavy (non-hydrogen) atoms. The number of rotatable bonds is 7. The predicted molar refractivity (Wildman–Crippen MR) is 191 cm³/mol. The lowest BCUT2D eigenvalue weighted by Crippen LogP contribution is -2.61. The van der Waals surface area contributed by atoms with E-state index in [0.717, 1.165) is 44.9 Å². The number of piperidine rings is 2. The number of ketones is 1. The van der Waals surface area contributed by atoms with Crippen LogP contribution in [-0.4, -0.2) is 108 Å². The number of hydrogen-bond acceptors (Lipinski definition) is 7. The fraction of sp³-hybridized carbons (Fsp3) is 0.842. The summed E-state index contributed by atoms with van der Waals surface area (Å²) in [4.78, 5) is 84.6. The Morgan fingerprint density at radius 2 is 1.65 bits per heavy atom. The van der Waals surface area contributed by atoms with Gasteiger partial charge >= 0.3 is 6.03 Å². The molecule has 5 rings (SSSR count). The summed E-state index contributed by atoms with van der Waals surface area (Å²) >= 11 is 0. The molecule has 5 fully saturated rings. The lowest BCUT2D eigenvalue weighted by Gasteiger charge is -2.41. The van der Waals surface area contributed by atoms with Crippen LogP contribution in [0.3, 0.4) is 0 Å². The smallest absolute Gasteiger partial charge is 0.315 e. The number of nitrogens with zero attached hydrogens (tertiary/aromatic N) is 2. The van der Waals surface area contributed by atoms with Gasteiger partial charge in [0.25, 0.3) is 5.91 Å². The van der Waals surface area contributed by atoms with Gasteiger partial charge in [0, 0.05) is 38.7 Å². The van der Waals surface area contributed by atoms with Crippen LogP contribution in [0.1, 0.15) is 113 Å². The normalized spacial score (nSPS) is 30.7. The molecule has 0 aromatic carbocycles. The maximum atomic E-state index is 14.4. The first-order valence-electron chi connectivity index (χ1n) is 19.3. The van der Waals surface area contributed by atoms with Gasteiger partial charge in [-0.05, 0) is 60.2 Å². The van der Waals surface area contributed by atoms with Gasteiger partial charge in [0.05, 0.1) is 18.7 Å². The van der Waals surface area contributed by atoms with Crippen LogP contribution in [0, 0.1) is 28.1 Å². The van der Waals surface area contributed by atoms with Crippen molar-refractivity contribution in [1.82, 2.24) is 31.1 Å². The minimum Gasteiger partial charge on any atom is -0.379 e. The fourth-order valence-corrected chi connectivity index (χ4v) is 8.12. The van der Waals surface area contributed by atoms with Crippen molar-refractivity contribution in [3.63, 3.8) is 0 Å². The summed E-state index contributed by atoms with van der Waals surface area (Å²) in [6, 6.07) is -3.81. The summed E-state index contributed by atoms with van der Waals surface area (Å²) < 4.78 is 5.98. The Morgan fingerprint density at radius 1 is 0.961 bits per heavy atom. The molecule has 0 aromatic heterocycles. The summed E-state index contributed by atoms with van der Waals surface area (Å²) in [5.41, 5.74) is -0.623. The quantitative estimate of drug-likeness (QED) is 0.295. The van der Waals surface area contributed by atoms with Gasteiger partial charge < -0.3 is 35.8 Å². The summed E-state index contributed by atoms with van der Waals surface area (Å²) in [6.07, 6.45) is 7.44. The topological polar surface area (TPSA) is 166 Å². The van der Waals surface area contributed by atoms with Crippen molar-refractivity contribution in [2.45, 2.75) is 143 Å². The average molecular weight is 715 g/mol. The van der Waals surface area contributed by atoms with Crippen molar-refractivity contribution < 1.29 is 33.5 Å². The number of ether oxygens (including phenoxy) is 1. The second-order valence-corrected chi connectivity index (χ2v) is 18.2. The van der Waals surface area contributed by atoms with Crippen LogP contribution in [0.25, 0.3) is 0 Å². The van der Waals surface area contributed by atoms with Gasteiger partial charge in [-0.3, -0.25) is 24.0 Å². The van der Waals surface area contributed by atoms with E-state index >= 15 is 0 Å². The van der Waals surface area contributed by atoms with Gasteiger partial charge in [-0.15, -0.1) is 0 Å². The van der Waals surface area contributed by atoms with E-state index in [0.29, 0.717) is 45.5 Å². The number of amides is 6. The Labute approximate surface area is 303 Å². The van der Waals surface area contributed by atoms with E-state index in [1.807, 2.05) is 25.7 Å². The SMILES string of the molecule is CC1(C)CCN(C[C@@H](NC(=O)N[C@H]2COCCCCCCC[C@@H](C(=O)C(=O)NC3CC3)NC(=O)[C@@H]3[C@@H]4[C@H](CN3C2=O)C4(C)C)C(C)(C)C)C(=O)C1. The molecule has 13 nitrogen and oxygen atoms in total. The van der Waals surface area contributed by atoms with E-state index in [4.69, 9.17) is 4.74 Å². The van der Waals surface area contributed by atoms with Crippen LogP contribution in [0.15, 0.2) is 0 Å². The predicted octanol–water partition coefficient (Wildman–Crippen LogP) is 2.90. The molecule has 286 valence electrons. The number of carbonyl (C=O) groups is 6. The Bertz CT molecular complexity index is 1350. The van der Waals surface area contributed by atoms with Gasteiger partial charge in [0.2, 0.25) is 23.5 Å². The molecule has 13 heteroatoms. The van der Waals surface area contributed by atoms with E-state index in [9.17, 15) is 28.8 Å². The maximum Gasteiger partial charge on any atom is 0.315 e. The molecule has 4 N–H and O–H groups in total. The second kappa shape index (κ2) is 15.4. The average Bonchev–Trinajstić information content (AvgIpc) is 3.89. The van der Waals surface area contributed by atoms with Gasteiger partial charge in [0.15, 0.2) is 0 Å². The molecule has 0 bridgehead atoms. The fourth-order valence-electron chi connectivity index (χ4n) is 8.12. The molecule has 2 saturated carbocycles. The van der Waals surface area contributed by atoms with Crippen molar-refractivity contribution in [2.24, 2.45) is 28.1 Å². The maximum absolute atomic E-state index is 14.4. The van der Waals surface area contributed by atoms with Crippen molar-refractivity contribution >= 4 is 35.4 Å². The van der Waals surface area contributed by atoms with E-state index in [-0.39, 0.29) is 46.6 Å². The van der Waals surface area contributed by atoms with Gasteiger partial charge in [-0.25, -0.2) is 4.79 Å².